The summed E-state index contributed by atoms with van der Waals surface area (Å²) in [6.45, 7) is 0. The van der Waals surface area contributed by atoms with Crippen LogP contribution in [0, 0.1) is 0 Å². The number of aliphatic hydroxyl groups is 4. The number of hydrogen-bond donors (Lipinski definition) is 5. The van der Waals surface area contributed by atoms with Crippen LogP contribution in [0.2, 0.25) is 0 Å². The van der Waals surface area contributed by atoms with E-state index in [0.29, 0.717) is 0 Å². The molecular formula is C6H12O8S. The van der Waals surface area contributed by atoms with Gasteiger partial charge < -0.3 is 25.2 Å². The molecule has 0 radical (unpaired) electrons. The van der Waals surface area contributed by atoms with Crippen molar-refractivity contribution < 1.29 is 38.2 Å². The molecule has 0 aliphatic carbocycles. The summed E-state index contributed by atoms with van der Waals surface area (Å²) in [6, 6.07) is 0. The van der Waals surface area contributed by atoms with Gasteiger partial charge in [-0.2, -0.15) is 8.42 Å². The van der Waals surface area contributed by atoms with Gasteiger partial charge in [0.05, 0.1) is 6.10 Å². The second kappa shape index (κ2) is 5.49. The van der Waals surface area contributed by atoms with Crippen molar-refractivity contribution in [2.24, 2.45) is 0 Å². The quantitative estimate of drug-likeness (QED) is 0.243. The molecule has 4 atom stereocenters. The van der Waals surface area contributed by atoms with Gasteiger partial charge in [-0.15, -0.1) is 0 Å². The molecule has 0 heterocycles. The van der Waals surface area contributed by atoms with Gasteiger partial charge >= 0.3 is 0 Å². The van der Waals surface area contributed by atoms with Crippen LogP contribution in [-0.2, 0) is 14.9 Å². The first kappa shape index (κ1) is 14.4. The number of aliphatic hydroxyl groups excluding tert-OH is 4. The average molecular weight is 244 g/mol. The minimum atomic E-state index is -4.95. The maximum Gasteiger partial charge on any atom is 0.294 e. The molecule has 1 unspecified atom stereocenters. The number of carbonyl (C=O) groups is 1. The molecule has 0 spiro atoms. The molecule has 0 aromatic carbocycles. The minimum Gasteiger partial charge on any atom is -0.390 e. The van der Waals surface area contributed by atoms with Crippen LogP contribution in [0.5, 0.6) is 0 Å². The molecule has 0 aromatic rings. The zero-order chi connectivity index (χ0) is 12.2. The monoisotopic (exact) mass is 244 g/mol. The van der Waals surface area contributed by atoms with Gasteiger partial charge in [-0.1, -0.05) is 0 Å². The van der Waals surface area contributed by atoms with E-state index in [-0.39, 0.29) is 6.29 Å². The van der Waals surface area contributed by atoms with Gasteiger partial charge in [-0.05, 0) is 0 Å². The Morgan fingerprint density at radius 3 is 1.87 bits per heavy atom. The summed E-state index contributed by atoms with van der Waals surface area (Å²) in [4.78, 5) is 9.93. The van der Waals surface area contributed by atoms with Crippen molar-refractivity contribution in [3.05, 3.63) is 0 Å². The fraction of sp³-hybridized carbons (Fsp3) is 0.833. The van der Waals surface area contributed by atoms with Gasteiger partial charge in [0.25, 0.3) is 10.1 Å². The largest absolute Gasteiger partial charge is 0.390 e. The molecule has 9 heteroatoms. The second-order valence-electron chi connectivity index (χ2n) is 2.86. The van der Waals surface area contributed by atoms with E-state index in [1.165, 1.54) is 0 Å². The zero-order valence-corrected chi connectivity index (χ0v) is 8.28. The maximum absolute atomic E-state index is 10.3. The van der Waals surface area contributed by atoms with Gasteiger partial charge in [-0.3, -0.25) is 4.55 Å². The summed E-state index contributed by atoms with van der Waals surface area (Å²) in [6.07, 6.45) is -6.41. The predicted molar refractivity (Wildman–Crippen MR) is 46.3 cm³/mol. The summed E-state index contributed by atoms with van der Waals surface area (Å²) in [7, 11) is -4.95. The number of hydrogen-bond acceptors (Lipinski definition) is 7. The Morgan fingerprint density at radius 2 is 1.53 bits per heavy atom. The van der Waals surface area contributed by atoms with Crippen molar-refractivity contribution in [3.63, 3.8) is 0 Å². The van der Waals surface area contributed by atoms with E-state index in [1.807, 2.05) is 0 Å². The van der Waals surface area contributed by atoms with Gasteiger partial charge in [0.15, 0.2) is 0 Å². The second-order valence-corrected chi connectivity index (χ2v) is 4.37. The Labute approximate surface area is 85.5 Å². The molecule has 0 rings (SSSR count). The SMILES string of the molecule is O=CC[C@@H](O)[C@H](O)[C@H](O)C(O)S(=O)(=O)O. The van der Waals surface area contributed by atoms with Crippen LogP contribution in [0.4, 0.5) is 0 Å². The van der Waals surface area contributed by atoms with Gasteiger partial charge in [0, 0.05) is 6.42 Å². The van der Waals surface area contributed by atoms with Crippen LogP contribution in [0.3, 0.4) is 0 Å². The highest BCUT2D eigenvalue weighted by atomic mass is 32.2. The van der Waals surface area contributed by atoms with E-state index in [1.54, 1.807) is 0 Å². The Bertz CT molecular complexity index is 298. The average Bonchev–Trinajstić information content (AvgIpc) is 2.13. The van der Waals surface area contributed by atoms with Crippen molar-refractivity contribution >= 4 is 16.4 Å². The standard InChI is InChI=1S/C6H12O8S/c7-2-1-3(8)4(9)5(10)6(11)15(12,13)14/h2-6,8-11H,1H2,(H,12,13,14)/t3-,4+,5+,6?/m1/s1. The van der Waals surface area contributed by atoms with Crippen molar-refractivity contribution in [1.82, 2.24) is 0 Å². The lowest BCUT2D eigenvalue weighted by molar-refractivity contribution is -0.116. The Balaban J connectivity index is 4.57. The Kier molecular flexibility index (Phi) is 5.28. The van der Waals surface area contributed by atoms with Crippen LogP contribution in [0.15, 0.2) is 0 Å². The first-order chi connectivity index (χ1) is 6.71. The smallest absolute Gasteiger partial charge is 0.294 e. The van der Waals surface area contributed by atoms with E-state index in [0.717, 1.165) is 0 Å². The molecule has 0 bridgehead atoms. The first-order valence-electron chi connectivity index (χ1n) is 3.84. The first-order valence-corrected chi connectivity index (χ1v) is 5.34. The van der Waals surface area contributed by atoms with Crippen molar-refractivity contribution in [1.29, 1.82) is 0 Å². The highest BCUT2D eigenvalue weighted by molar-refractivity contribution is 7.86. The van der Waals surface area contributed by atoms with E-state index in [2.05, 4.69) is 0 Å². The highest BCUT2D eigenvalue weighted by Crippen LogP contribution is 2.10. The summed E-state index contributed by atoms with van der Waals surface area (Å²) in [5.74, 6) is 0. The molecule has 0 aromatic heterocycles. The third-order valence-corrected chi connectivity index (χ3v) is 2.57. The molecule has 90 valence electrons. The minimum absolute atomic E-state index is 0.237. The molecule has 0 aliphatic rings. The van der Waals surface area contributed by atoms with E-state index >= 15 is 0 Å². The maximum atomic E-state index is 10.3. The third-order valence-electron chi connectivity index (χ3n) is 1.68. The zero-order valence-electron chi connectivity index (χ0n) is 7.46. The van der Waals surface area contributed by atoms with Gasteiger partial charge in [0.2, 0.25) is 5.44 Å². The van der Waals surface area contributed by atoms with Crippen LogP contribution < -0.4 is 0 Å². The van der Waals surface area contributed by atoms with Crippen LogP contribution in [0.25, 0.3) is 0 Å². The number of aldehydes is 1. The molecule has 0 fully saturated rings. The molecule has 0 saturated carbocycles. The molecule has 0 aliphatic heterocycles. The lowest BCUT2D eigenvalue weighted by atomic mass is 10.1. The lowest BCUT2D eigenvalue weighted by Crippen LogP contribution is -2.47. The van der Waals surface area contributed by atoms with Crippen LogP contribution >= 0.6 is 0 Å². The van der Waals surface area contributed by atoms with Gasteiger partial charge in [-0.25, -0.2) is 0 Å². The Hall–Kier alpha value is -0.580. The summed E-state index contributed by atoms with van der Waals surface area (Å²) in [5.41, 5.74) is -2.64. The Morgan fingerprint density at radius 1 is 1.07 bits per heavy atom. The number of carbonyl (C=O) groups excluding carboxylic acids is 1. The highest BCUT2D eigenvalue weighted by Gasteiger charge is 2.36. The third kappa shape index (κ3) is 4.20. The topological polar surface area (TPSA) is 152 Å². The molecule has 0 saturated heterocycles. The van der Waals surface area contributed by atoms with Crippen molar-refractivity contribution in [3.8, 4) is 0 Å². The summed E-state index contributed by atoms with van der Waals surface area (Å²) >= 11 is 0. The summed E-state index contributed by atoms with van der Waals surface area (Å²) < 4.78 is 29.0. The van der Waals surface area contributed by atoms with Crippen LogP contribution in [-0.4, -0.2) is 63.4 Å². The fourth-order valence-corrected chi connectivity index (χ4v) is 1.32. The molecule has 5 N–H and O–H groups in total. The van der Waals surface area contributed by atoms with Crippen molar-refractivity contribution in [2.75, 3.05) is 0 Å². The van der Waals surface area contributed by atoms with E-state index in [4.69, 9.17) is 25.0 Å². The van der Waals surface area contributed by atoms with Gasteiger partial charge in [0.1, 0.15) is 18.5 Å². The van der Waals surface area contributed by atoms with E-state index < -0.39 is 40.3 Å². The fourth-order valence-electron chi connectivity index (χ4n) is 0.810. The molecular weight excluding hydrogens is 232 g/mol. The lowest BCUT2D eigenvalue weighted by Gasteiger charge is -2.23. The molecule has 15 heavy (non-hydrogen) atoms. The predicted octanol–water partition coefficient (Wildman–Crippen LogP) is -3.14. The summed E-state index contributed by atoms with van der Waals surface area (Å²) in [5, 5.41) is 35.8. The van der Waals surface area contributed by atoms with Crippen molar-refractivity contribution in [2.45, 2.75) is 30.2 Å². The van der Waals surface area contributed by atoms with E-state index in [9.17, 15) is 13.2 Å². The normalized spacial score (nSPS) is 20.3. The molecule has 0 amide bonds. The van der Waals surface area contributed by atoms with Crippen LogP contribution in [0.1, 0.15) is 6.42 Å². The molecule has 8 nitrogen and oxygen atoms in total. The number of rotatable bonds is 6.